The average Bonchev–Trinajstić information content (AvgIpc) is 2.55. The Labute approximate surface area is 134 Å². The number of carbonyl (C=O) groups is 2. The maximum Gasteiger partial charge on any atom is 0.323 e. The van der Waals surface area contributed by atoms with Crippen molar-refractivity contribution in [3.05, 3.63) is 23.8 Å². The summed E-state index contributed by atoms with van der Waals surface area (Å²) in [6.07, 6.45) is 0.0665. The first kappa shape index (κ1) is 18.1. The maximum absolute atomic E-state index is 12.0. The number of benzene rings is 1. The zero-order valence-corrected chi connectivity index (χ0v) is 13.0. The third kappa shape index (κ3) is 5.74. The molecule has 0 aliphatic rings. The van der Waals surface area contributed by atoms with Gasteiger partial charge in [0.25, 0.3) is 0 Å². The van der Waals surface area contributed by atoms with Crippen molar-refractivity contribution in [2.75, 3.05) is 27.3 Å². The Morgan fingerprint density at radius 1 is 1.30 bits per heavy atom. The second-order valence-corrected chi connectivity index (χ2v) is 4.57. The molecule has 2 N–H and O–H groups in total. The van der Waals surface area contributed by atoms with Crippen LogP contribution in [0.3, 0.4) is 0 Å². The number of amides is 2. The summed E-state index contributed by atoms with van der Waals surface area (Å²) in [4.78, 5) is 23.9. The number of nitriles is 1. The molecule has 1 aromatic rings. The van der Waals surface area contributed by atoms with Gasteiger partial charge in [-0.2, -0.15) is 5.26 Å². The SMILES string of the molecule is COc1ccc(CNC(=O)N(CCC#N)CC(=O)O)cc1OC. The van der Waals surface area contributed by atoms with E-state index in [4.69, 9.17) is 19.8 Å². The van der Waals surface area contributed by atoms with Crippen molar-refractivity contribution in [3.63, 3.8) is 0 Å². The van der Waals surface area contributed by atoms with Gasteiger partial charge < -0.3 is 24.8 Å². The molecule has 0 heterocycles. The van der Waals surface area contributed by atoms with Gasteiger partial charge in [-0.1, -0.05) is 6.07 Å². The zero-order chi connectivity index (χ0) is 17.2. The van der Waals surface area contributed by atoms with Crippen LogP contribution in [-0.4, -0.2) is 49.3 Å². The molecule has 1 aromatic carbocycles. The molecule has 0 spiro atoms. The molecule has 8 nitrogen and oxygen atoms in total. The van der Waals surface area contributed by atoms with Crippen molar-refractivity contribution >= 4 is 12.0 Å². The zero-order valence-electron chi connectivity index (χ0n) is 13.0. The number of carboxylic acid groups (broad SMARTS) is 1. The Hall–Kier alpha value is -2.95. The van der Waals surface area contributed by atoms with E-state index < -0.39 is 18.5 Å². The van der Waals surface area contributed by atoms with Crippen molar-refractivity contribution < 1.29 is 24.2 Å². The first-order valence-corrected chi connectivity index (χ1v) is 6.84. The summed E-state index contributed by atoms with van der Waals surface area (Å²) < 4.78 is 10.3. The molecule has 0 atom stereocenters. The van der Waals surface area contributed by atoms with E-state index in [1.165, 1.54) is 14.2 Å². The molecule has 23 heavy (non-hydrogen) atoms. The second kappa shape index (κ2) is 9.15. The summed E-state index contributed by atoms with van der Waals surface area (Å²) in [5.74, 6) is -0.0283. The molecular formula is C15H19N3O5. The number of methoxy groups -OCH3 is 2. The van der Waals surface area contributed by atoms with Gasteiger partial charge >= 0.3 is 12.0 Å². The minimum atomic E-state index is -1.13. The third-order valence-electron chi connectivity index (χ3n) is 3.00. The number of ether oxygens (including phenoxy) is 2. The lowest BCUT2D eigenvalue weighted by atomic mass is 10.2. The first-order valence-electron chi connectivity index (χ1n) is 6.84. The van der Waals surface area contributed by atoms with Crippen LogP contribution in [-0.2, 0) is 11.3 Å². The number of hydrogen-bond acceptors (Lipinski definition) is 5. The minimum Gasteiger partial charge on any atom is -0.493 e. The predicted octanol–water partition coefficient (Wildman–Crippen LogP) is 1.21. The fourth-order valence-corrected chi connectivity index (χ4v) is 1.88. The van der Waals surface area contributed by atoms with Crippen LogP contribution in [0.5, 0.6) is 11.5 Å². The van der Waals surface area contributed by atoms with E-state index >= 15 is 0 Å². The molecule has 0 bridgehead atoms. The number of hydrogen-bond donors (Lipinski definition) is 2. The fraction of sp³-hybridized carbons (Fsp3) is 0.400. The molecule has 0 unspecified atom stereocenters. The van der Waals surface area contributed by atoms with Crippen molar-refractivity contribution in [3.8, 4) is 17.6 Å². The number of carboxylic acids is 1. The molecule has 0 fully saturated rings. The standard InChI is InChI=1S/C15H19N3O5/c1-22-12-5-4-11(8-13(12)23-2)9-17-15(21)18(7-3-6-16)10-14(19)20/h4-5,8H,3,7,9-10H2,1-2H3,(H,17,21)(H,19,20). The summed E-state index contributed by atoms with van der Waals surface area (Å²) in [6.45, 7) is -0.206. The minimum absolute atomic E-state index is 0.0561. The van der Waals surface area contributed by atoms with Crippen LogP contribution < -0.4 is 14.8 Å². The summed E-state index contributed by atoms with van der Waals surface area (Å²) in [5, 5.41) is 20.0. The van der Waals surface area contributed by atoms with Crippen molar-refractivity contribution in [1.29, 1.82) is 5.26 Å². The fourth-order valence-electron chi connectivity index (χ4n) is 1.88. The van der Waals surface area contributed by atoms with E-state index in [-0.39, 0.29) is 19.5 Å². The van der Waals surface area contributed by atoms with E-state index in [0.29, 0.717) is 11.5 Å². The molecule has 124 valence electrons. The van der Waals surface area contributed by atoms with Crippen LogP contribution in [0, 0.1) is 11.3 Å². The highest BCUT2D eigenvalue weighted by Gasteiger charge is 2.16. The Bertz CT molecular complexity index is 597. The van der Waals surface area contributed by atoms with Gasteiger partial charge in [-0.15, -0.1) is 0 Å². The van der Waals surface area contributed by atoms with Crippen LogP contribution in [0.25, 0.3) is 0 Å². The second-order valence-electron chi connectivity index (χ2n) is 4.57. The highest BCUT2D eigenvalue weighted by Crippen LogP contribution is 2.27. The van der Waals surface area contributed by atoms with Crippen molar-refractivity contribution in [1.82, 2.24) is 10.2 Å². The van der Waals surface area contributed by atoms with E-state index in [2.05, 4.69) is 5.32 Å². The monoisotopic (exact) mass is 321 g/mol. The van der Waals surface area contributed by atoms with Gasteiger partial charge in [0.2, 0.25) is 0 Å². The summed E-state index contributed by atoms with van der Waals surface area (Å²) in [6, 6.07) is 6.53. The summed E-state index contributed by atoms with van der Waals surface area (Å²) in [7, 11) is 3.04. The Morgan fingerprint density at radius 2 is 2.00 bits per heavy atom. The molecule has 0 radical (unpaired) electrons. The maximum atomic E-state index is 12.0. The van der Waals surface area contributed by atoms with E-state index in [0.717, 1.165) is 10.5 Å². The van der Waals surface area contributed by atoms with Crippen LogP contribution in [0.1, 0.15) is 12.0 Å². The third-order valence-corrected chi connectivity index (χ3v) is 3.00. The smallest absolute Gasteiger partial charge is 0.323 e. The Balaban J connectivity index is 2.69. The molecule has 0 aromatic heterocycles. The topological polar surface area (TPSA) is 112 Å². The molecule has 0 aliphatic carbocycles. The molecule has 8 heteroatoms. The average molecular weight is 321 g/mol. The van der Waals surface area contributed by atoms with E-state index in [1.807, 2.05) is 6.07 Å². The number of rotatable bonds is 8. The number of carbonyl (C=O) groups excluding carboxylic acids is 1. The lowest BCUT2D eigenvalue weighted by Crippen LogP contribution is -2.42. The predicted molar refractivity (Wildman–Crippen MR) is 81.2 cm³/mol. The number of urea groups is 1. The van der Waals surface area contributed by atoms with Gasteiger partial charge in [-0.3, -0.25) is 4.79 Å². The quantitative estimate of drug-likeness (QED) is 0.744. The molecule has 0 saturated carbocycles. The van der Waals surface area contributed by atoms with Gasteiger partial charge in [0.1, 0.15) is 6.54 Å². The molecule has 0 saturated heterocycles. The van der Waals surface area contributed by atoms with Gasteiger partial charge in [0.15, 0.2) is 11.5 Å². The van der Waals surface area contributed by atoms with Gasteiger partial charge in [-0.05, 0) is 17.7 Å². The van der Waals surface area contributed by atoms with Gasteiger partial charge in [0.05, 0.1) is 26.7 Å². The normalized spacial score (nSPS) is 9.61. The van der Waals surface area contributed by atoms with E-state index in [9.17, 15) is 9.59 Å². The highest BCUT2D eigenvalue weighted by atomic mass is 16.5. The number of aliphatic carboxylic acids is 1. The van der Waals surface area contributed by atoms with Crippen molar-refractivity contribution in [2.45, 2.75) is 13.0 Å². The number of nitrogens with zero attached hydrogens (tertiary/aromatic N) is 2. The first-order chi connectivity index (χ1) is 11.0. The molecular weight excluding hydrogens is 302 g/mol. The van der Waals surface area contributed by atoms with E-state index in [1.54, 1.807) is 18.2 Å². The van der Waals surface area contributed by atoms with Crippen molar-refractivity contribution in [2.24, 2.45) is 0 Å². The highest BCUT2D eigenvalue weighted by molar-refractivity contribution is 5.80. The van der Waals surface area contributed by atoms with Gasteiger partial charge in [-0.25, -0.2) is 4.79 Å². The molecule has 0 aliphatic heterocycles. The summed E-state index contributed by atoms with van der Waals surface area (Å²) >= 11 is 0. The van der Waals surface area contributed by atoms with Crippen LogP contribution in [0.4, 0.5) is 4.79 Å². The van der Waals surface area contributed by atoms with Crippen LogP contribution in [0.2, 0.25) is 0 Å². The van der Waals surface area contributed by atoms with Crippen LogP contribution in [0.15, 0.2) is 18.2 Å². The summed E-state index contributed by atoms with van der Waals surface area (Å²) in [5.41, 5.74) is 0.770. The lowest BCUT2D eigenvalue weighted by Gasteiger charge is -2.20. The Morgan fingerprint density at radius 3 is 2.57 bits per heavy atom. The van der Waals surface area contributed by atoms with Crippen LogP contribution >= 0.6 is 0 Å². The lowest BCUT2D eigenvalue weighted by molar-refractivity contribution is -0.137. The number of nitrogens with one attached hydrogen (secondary N) is 1. The largest absolute Gasteiger partial charge is 0.493 e. The Kier molecular flexibility index (Phi) is 7.20. The van der Waals surface area contributed by atoms with Gasteiger partial charge in [0, 0.05) is 13.1 Å². The molecule has 1 rings (SSSR count). The molecule has 2 amide bonds.